The molecular formula is C65H128NO8+. The molecule has 2 unspecified atom stereocenters. The summed E-state index contributed by atoms with van der Waals surface area (Å²) in [5.41, 5.74) is 0. The van der Waals surface area contributed by atoms with Gasteiger partial charge in [0.05, 0.1) is 34.4 Å². The van der Waals surface area contributed by atoms with Crippen LogP contribution in [-0.4, -0.2) is 87.4 Å². The van der Waals surface area contributed by atoms with E-state index in [1.54, 1.807) is 0 Å². The molecule has 0 aromatic carbocycles. The van der Waals surface area contributed by atoms with E-state index in [0.717, 1.165) is 38.5 Å². The number of carboxylic acid groups (broad SMARTS) is 1. The Hall–Kier alpha value is -1.71. The fourth-order valence-electron chi connectivity index (χ4n) is 10.1. The molecular weight excluding hydrogens is 923 g/mol. The fraction of sp³-hybridized carbons (Fsp3) is 0.954. The van der Waals surface area contributed by atoms with Crippen LogP contribution >= 0.6 is 0 Å². The summed E-state index contributed by atoms with van der Waals surface area (Å²) in [6, 6.07) is 0. The Balaban J connectivity index is 3.98. The van der Waals surface area contributed by atoms with Crippen molar-refractivity contribution in [3.63, 3.8) is 0 Å². The van der Waals surface area contributed by atoms with Gasteiger partial charge in [-0.25, -0.2) is 4.79 Å². The lowest BCUT2D eigenvalue weighted by molar-refractivity contribution is -0.870. The van der Waals surface area contributed by atoms with Crippen LogP contribution in [0.3, 0.4) is 0 Å². The molecule has 0 saturated carbocycles. The van der Waals surface area contributed by atoms with Gasteiger partial charge in [0.1, 0.15) is 13.2 Å². The minimum atomic E-state index is -1.50. The van der Waals surface area contributed by atoms with Gasteiger partial charge in [0, 0.05) is 12.8 Å². The van der Waals surface area contributed by atoms with Gasteiger partial charge in [-0.05, 0) is 12.8 Å². The number of hydrogen-bond donors (Lipinski definition) is 1. The number of carboxylic acids is 1. The number of unbranched alkanes of at least 4 members (excludes halogenated alkanes) is 47. The van der Waals surface area contributed by atoms with Crippen molar-refractivity contribution in [2.75, 3.05) is 47.5 Å². The summed E-state index contributed by atoms with van der Waals surface area (Å²) in [6.45, 7) is 4.95. The van der Waals surface area contributed by atoms with Crippen molar-refractivity contribution < 1.29 is 42.9 Å². The van der Waals surface area contributed by atoms with Crippen LogP contribution in [0, 0.1) is 0 Å². The Morgan fingerprint density at radius 1 is 0.351 bits per heavy atom. The first-order chi connectivity index (χ1) is 36.1. The highest BCUT2D eigenvalue weighted by molar-refractivity contribution is 5.71. The maximum atomic E-state index is 12.9. The molecule has 0 aliphatic heterocycles. The standard InChI is InChI=1S/C65H127NO8/c1-6-8-10-12-14-16-18-20-22-23-24-25-26-27-28-29-30-31-32-33-34-35-36-37-38-39-40-42-44-46-48-50-52-54-56-63(68)74-61(60-73-65(64(69)70)71-58-57-66(3,4)5)59-72-62(67)55-53-51-49-47-45-43-41-21-19-17-15-13-11-9-7-2/h61,65H,6-60H2,1-5H3/p+1. The Labute approximate surface area is 460 Å². The van der Waals surface area contributed by atoms with Crippen LogP contribution in [0.25, 0.3) is 0 Å². The number of carbonyl (C=O) groups excluding carboxylic acids is 2. The summed E-state index contributed by atoms with van der Waals surface area (Å²) in [4.78, 5) is 37.4. The molecule has 0 aliphatic carbocycles. The van der Waals surface area contributed by atoms with Gasteiger partial charge in [-0.15, -0.1) is 0 Å². The maximum absolute atomic E-state index is 12.9. The maximum Gasteiger partial charge on any atom is 0.361 e. The highest BCUT2D eigenvalue weighted by Gasteiger charge is 2.25. The number of esters is 2. The van der Waals surface area contributed by atoms with E-state index in [4.69, 9.17) is 18.9 Å². The van der Waals surface area contributed by atoms with Gasteiger partial charge in [-0.3, -0.25) is 9.59 Å². The average Bonchev–Trinajstić information content (AvgIpc) is 3.37. The van der Waals surface area contributed by atoms with Crippen molar-refractivity contribution in [3.05, 3.63) is 0 Å². The third-order valence-electron chi connectivity index (χ3n) is 15.1. The van der Waals surface area contributed by atoms with E-state index in [9.17, 15) is 19.5 Å². The molecule has 0 heterocycles. The van der Waals surface area contributed by atoms with Gasteiger partial charge < -0.3 is 28.5 Å². The molecule has 0 radical (unpaired) electrons. The predicted octanol–water partition coefficient (Wildman–Crippen LogP) is 19.5. The van der Waals surface area contributed by atoms with E-state index >= 15 is 0 Å². The number of carbonyl (C=O) groups is 3. The second-order valence-corrected chi connectivity index (χ2v) is 23.8. The summed E-state index contributed by atoms with van der Waals surface area (Å²) in [6.07, 6.45) is 63.6. The van der Waals surface area contributed by atoms with Gasteiger partial charge in [-0.2, -0.15) is 0 Å². The zero-order valence-electron chi connectivity index (χ0n) is 50.3. The lowest BCUT2D eigenvalue weighted by Crippen LogP contribution is -2.40. The van der Waals surface area contributed by atoms with Crippen molar-refractivity contribution in [1.82, 2.24) is 0 Å². The molecule has 9 heteroatoms. The molecule has 2 atom stereocenters. The zero-order valence-corrected chi connectivity index (χ0v) is 50.3. The average molecular weight is 1050 g/mol. The second kappa shape index (κ2) is 57.5. The van der Waals surface area contributed by atoms with Crippen molar-refractivity contribution >= 4 is 17.9 Å². The first kappa shape index (κ1) is 72.3. The molecule has 440 valence electrons. The van der Waals surface area contributed by atoms with Crippen LogP contribution in [0.15, 0.2) is 0 Å². The lowest BCUT2D eigenvalue weighted by Gasteiger charge is -2.25. The van der Waals surface area contributed by atoms with Crippen LogP contribution in [0.2, 0.25) is 0 Å². The summed E-state index contributed by atoms with van der Waals surface area (Å²) in [5.74, 6) is -1.97. The van der Waals surface area contributed by atoms with E-state index in [0.29, 0.717) is 17.4 Å². The van der Waals surface area contributed by atoms with Crippen LogP contribution in [0.1, 0.15) is 341 Å². The first-order valence-electron chi connectivity index (χ1n) is 32.7. The number of rotatable bonds is 62. The molecule has 74 heavy (non-hydrogen) atoms. The van der Waals surface area contributed by atoms with Crippen LogP contribution < -0.4 is 0 Å². The smallest absolute Gasteiger partial charge is 0.361 e. The number of aliphatic carboxylic acids is 1. The van der Waals surface area contributed by atoms with Crippen LogP contribution in [0.4, 0.5) is 0 Å². The van der Waals surface area contributed by atoms with Gasteiger partial charge in [-0.1, -0.05) is 316 Å². The molecule has 0 aromatic rings. The predicted molar refractivity (Wildman–Crippen MR) is 314 cm³/mol. The van der Waals surface area contributed by atoms with Crippen molar-refractivity contribution in [2.24, 2.45) is 0 Å². The van der Waals surface area contributed by atoms with E-state index in [1.165, 1.54) is 276 Å². The molecule has 1 N–H and O–H groups in total. The fourth-order valence-corrected chi connectivity index (χ4v) is 10.1. The third-order valence-corrected chi connectivity index (χ3v) is 15.1. The van der Waals surface area contributed by atoms with Crippen LogP contribution in [-0.2, 0) is 33.3 Å². The monoisotopic (exact) mass is 1050 g/mol. The topological polar surface area (TPSA) is 108 Å². The number of likely N-dealkylation sites (N-methyl/N-ethyl adjacent to an activating group) is 1. The Morgan fingerprint density at radius 3 is 0.865 bits per heavy atom. The lowest BCUT2D eigenvalue weighted by atomic mass is 10.0. The van der Waals surface area contributed by atoms with Crippen molar-refractivity contribution in [1.29, 1.82) is 0 Å². The number of nitrogens with zero attached hydrogens (tertiary/aromatic N) is 1. The minimum absolute atomic E-state index is 0.172. The number of quaternary nitrogens is 1. The minimum Gasteiger partial charge on any atom is -0.477 e. The zero-order chi connectivity index (χ0) is 54.1. The van der Waals surface area contributed by atoms with Gasteiger partial charge >= 0.3 is 17.9 Å². The highest BCUT2D eigenvalue weighted by Crippen LogP contribution is 2.19. The molecule has 0 spiro atoms. The van der Waals surface area contributed by atoms with Gasteiger partial charge in [0.15, 0.2) is 6.10 Å². The number of hydrogen-bond acceptors (Lipinski definition) is 7. The van der Waals surface area contributed by atoms with Crippen molar-refractivity contribution in [2.45, 2.75) is 354 Å². The summed E-state index contributed by atoms with van der Waals surface area (Å²) < 4.78 is 22.9. The largest absolute Gasteiger partial charge is 0.477 e. The van der Waals surface area contributed by atoms with Crippen LogP contribution in [0.5, 0.6) is 0 Å². The second-order valence-electron chi connectivity index (χ2n) is 23.8. The van der Waals surface area contributed by atoms with Crippen molar-refractivity contribution in [3.8, 4) is 0 Å². The normalized spacial score (nSPS) is 12.6. The molecule has 0 bridgehead atoms. The molecule has 0 fully saturated rings. The molecule has 0 amide bonds. The SMILES string of the molecule is CCCCCCCCCCCCCCCCCCCCCCCCCCCCCCCCCCCCC(=O)OC(COC(=O)CCCCCCCCCCCCCCCCC)COC(OCC[N+](C)(C)C)C(=O)O. The Kier molecular flexibility index (Phi) is 56.1. The first-order valence-corrected chi connectivity index (χ1v) is 32.7. The molecule has 0 aliphatic rings. The Bertz CT molecular complexity index is 1180. The molecule has 0 rings (SSSR count). The van der Waals surface area contributed by atoms with E-state index < -0.39 is 18.4 Å². The molecule has 0 saturated heterocycles. The quantitative estimate of drug-likeness (QED) is 0.0278. The Morgan fingerprint density at radius 2 is 0.608 bits per heavy atom. The van der Waals surface area contributed by atoms with Gasteiger partial charge in [0.2, 0.25) is 0 Å². The summed E-state index contributed by atoms with van der Waals surface area (Å²) >= 11 is 0. The van der Waals surface area contributed by atoms with E-state index in [2.05, 4.69) is 13.8 Å². The summed E-state index contributed by atoms with van der Waals surface area (Å²) in [7, 11) is 5.99. The van der Waals surface area contributed by atoms with E-state index in [-0.39, 0.29) is 38.2 Å². The highest BCUT2D eigenvalue weighted by atomic mass is 16.7. The van der Waals surface area contributed by atoms with E-state index in [1.807, 2.05) is 21.1 Å². The van der Waals surface area contributed by atoms with Gasteiger partial charge in [0.25, 0.3) is 6.29 Å². The third kappa shape index (κ3) is 58.0. The number of ether oxygens (including phenoxy) is 4. The molecule has 9 nitrogen and oxygen atoms in total. The molecule has 0 aromatic heterocycles. The summed E-state index contributed by atoms with van der Waals surface area (Å²) in [5, 5.41) is 9.71.